The van der Waals surface area contributed by atoms with Crippen molar-refractivity contribution >= 4 is 45.9 Å². The van der Waals surface area contributed by atoms with Gasteiger partial charge in [0.25, 0.3) is 0 Å². The van der Waals surface area contributed by atoms with Crippen LogP contribution in [0.3, 0.4) is 0 Å². The number of carbonyl (C=O) groups excluding carboxylic acids is 1. The Labute approximate surface area is 171 Å². The van der Waals surface area contributed by atoms with Crippen LogP contribution in [0.2, 0.25) is 4.34 Å². The minimum absolute atomic E-state index is 0.118. The number of Topliss-reactive ketones (excluding diaryl/α,β-unsaturated/α-hetero) is 1. The summed E-state index contributed by atoms with van der Waals surface area (Å²) in [5.74, 6) is 1.17. The number of thiophene rings is 1. The number of thiazole rings is 1. The average molecular weight is 416 g/mol. The first-order valence-electron chi connectivity index (χ1n) is 8.69. The van der Waals surface area contributed by atoms with Gasteiger partial charge in [0.15, 0.2) is 5.78 Å². The molecule has 0 unspecified atom stereocenters. The van der Waals surface area contributed by atoms with Crippen molar-refractivity contribution in [2.24, 2.45) is 4.99 Å². The van der Waals surface area contributed by atoms with E-state index in [9.17, 15) is 4.79 Å². The molecule has 0 amide bonds. The largest absolute Gasteiger partial charge is 0.358 e. The lowest BCUT2D eigenvalue weighted by Crippen LogP contribution is -2.23. The summed E-state index contributed by atoms with van der Waals surface area (Å²) >= 11 is 8.84. The van der Waals surface area contributed by atoms with Gasteiger partial charge in [0.05, 0.1) is 21.5 Å². The third-order valence-electron chi connectivity index (χ3n) is 4.46. The summed E-state index contributed by atoms with van der Waals surface area (Å²) in [7, 11) is 2.07. The first-order valence-corrected chi connectivity index (χ1v) is 10.8. The van der Waals surface area contributed by atoms with Crippen molar-refractivity contribution in [1.82, 2.24) is 9.88 Å². The number of nitrogens with zero attached hydrogens (tertiary/aromatic N) is 3. The number of aliphatic imine (C=N–C) groups is 1. The summed E-state index contributed by atoms with van der Waals surface area (Å²) in [6.07, 6.45) is 1.09. The Balaban J connectivity index is 1.41. The summed E-state index contributed by atoms with van der Waals surface area (Å²) in [6, 6.07) is 11.9. The van der Waals surface area contributed by atoms with Crippen LogP contribution < -0.4 is 0 Å². The third kappa shape index (κ3) is 4.13. The van der Waals surface area contributed by atoms with Gasteiger partial charge < -0.3 is 4.90 Å². The number of hydrogen-bond donors (Lipinski definition) is 0. The molecule has 1 aromatic carbocycles. The van der Waals surface area contributed by atoms with Gasteiger partial charge in [-0.2, -0.15) is 0 Å². The zero-order valence-corrected chi connectivity index (χ0v) is 17.2. The van der Waals surface area contributed by atoms with Crippen LogP contribution in [-0.4, -0.2) is 41.6 Å². The fourth-order valence-corrected chi connectivity index (χ4v) is 4.86. The minimum Gasteiger partial charge on any atom is -0.358 e. The minimum atomic E-state index is 0.118. The van der Waals surface area contributed by atoms with Crippen molar-refractivity contribution < 1.29 is 4.79 Å². The average Bonchev–Trinajstić information content (AvgIpc) is 3.41. The lowest BCUT2D eigenvalue weighted by atomic mass is 10.1. The number of rotatable bonds is 6. The molecule has 3 heterocycles. The van der Waals surface area contributed by atoms with E-state index in [0.29, 0.717) is 22.1 Å². The van der Waals surface area contributed by atoms with E-state index in [-0.39, 0.29) is 5.78 Å². The maximum atomic E-state index is 12.2. The van der Waals surface area contributed by atoms with Gasteiger partial charge in [-0.3, -0.25) is 9.79 Å². The van der Waals surface area contributed by atoms with E-state index in [4.69, 9.17) is 16.6 Å². The highest BCUT2D eigenvalue weighted by Gasteiger charge is 2.15. The molecule has 2 aromatic heterocycles. The Morgan fingerprint density at radius 1 is 1.19 bits per heavy atom. The van der Waals surface area contributed by atoms with Gasteiger partial charge in [-0.25, -0.2) is 4.98 Å². The number of amidine groups is 1. The molecule has 138 valence electrons. The summed E-state index contributed by atoms with van der Waals surface area (Å²) in [4.78, 5) is 24.3. The molecule has 0 N–H and O–H groups in total. The summed E-state index contributed by atoms with van der Waals surface area (Å²) in [5, 5.41) is 3.01. The number of halogens is 1. The third-order valence-corrected chi connectivity index (χ3v) is 6.67. The molecule has 0 saturated heterocycles. The van der Waals surface area contributed by atoms with Gasteiger partial charge in [0.1, 0.15) is 10.8 Å². The lowest BCUT2D eigenvalue weighted by Gasteiger charge is -2.13. The van der Waals surface area contributed by atoms with E-state index in [2.05, 4.69) is 41.2 Å². The highest BCUT2D eigenvalue weighted by atomic mass is 35.5. The van der Waals surface area contributed by atoms with Gasteiger partial charge in [0.2, 0.25) is 0 Å². The van der Waals surface area contributed by atoms with Crippen molar-refractivity contribution in [3.63, 3.8) is 0 Å². The van der Waals surface area contributed by atoms with E-state index in [0.717, 1.165) is 40.8 Å². The van der Waals surface area contributed by atoms with Crippen LogP contribution in [0.15, 0.2) is 46.8 Å². The normalized spacial score (nSPS) is 13.9. The van der Waals surface area contributed by atoms with Crippen molar-refractivity contribution in [3.8, 4) is 10.6 Å². The van der Waals surface area contributed by atoms with Gasteiger partial charge in [-0.05, 0) is 18.6 Å². The number of aromatic nitrogens is 1. The Kier molecular flexibility index (Phi) is 5.38. The molecule has 7 heteroatoms. The van der Waals surface area contributed by atoms with Crippen molar-refractivity contribution in [2.45, 2.75) is 12.8 Å². The molecular weight excluding hydrogens is 398 g/mol. The van der Waals surface area contributed by atoms with Crippen molar-refractivity contribution in [2.75, 3.05) is 20.1 Å². The quantitative estimate of drug-likeness (QED) is 0.530. The van der Waals surface area contributed by atoms with Crippen LogP contribution >= 0.6 is 34.3 Å². The fraction of sp³-hybridized carbons (Fsp3) is 0.250. The Bertz CT molecular complexity index is 991. The fourth-order valence-electron chi connectivity index (χ4n) is 2.99. The molecule has 4 nitrogen and oxygen atoms in total. The maximum absolute atomic E-state index is 12.2. The Morgan fingerprint density at radius 3 is 2.63 bits per heavy atom. The second-order valence-electron chi connectivity index (χ2n) is 6.38. The van der Waals surface area contributed by atoms with Gasteiger partial charge >= 0.3 is 0 Å². The molecule has 0 aliphatic carbocycles. The molecule has 0 spiro atoms. The molecule has 27 heavy (non-hydrogen) atoms. The number of benzene rings is 1. The molecular formula is C20H18ClN3OS2. The Morgan fingerprint density at radius 2 is 1.96 bits per heavy atom. The molecule has 3 aromatic rings. The Hall–Kier alpha value is -2.02. The molecule has 4 rings (SSSR count). The molecule has 1 aliphatic rings. The predicted molar refractivity (Wildman–Crippen MR) is 114 cm³/mol. The highest BCUT2D eigenvalue weighted by Crippen LogP contribution is 2.26. The number of hydrogen-bond acceptors (Lipinski definition) is 6. The van der Waals surface area contributed by atoms with Gasteiger partial charge in [-0.15, -0.1) is 22.7 Å². The van der Waals surface area contributed by atoms with E-state index in [1.165, 1.54) is 11.3 Å². The highest BCUT2D eigenvalue weighted by molar-refractivity contribution is 7.18. The monoisotopic (exact) mass is 415 g/mol. The van der Waals surface area contributed by atoms with Crippen LogP contribution in [0.5, 0.6) is 0 Å². The van der Waals surface area contributed by atoms with Crippen LogP contribution in [0, 0.1) is 0 Å². The van der Waals surface area contributed by atoms with E-state index >= 15 is 0 Å². The van der Waals surface area contributed by atoms with Crippen LogP contribution in [0.1, 0.15) is 27.3 Å². The topological polar surface area (TPSA) is 45.6 Å². The van der Waals surface area contributed by atoms with Crippen LogP contribution in [-0.2, 0) is 6.42 Å². The molecule has 0 atom stereocenters. The number of aryl methyl sites for hydroxylation is 1. The second-order valence-corrected chi connectivity index (χ2v) is 8.95. The molecule has 0 saturated carbocycles. The molecule has 0 bridgehead atoms. The van der Waals surface area contributed by atoms with Crippen molar-refractivity contribution in [3.05, 3.63) is 62.2 Å². The smallest absolute Gasteiger partial charge is 0.173 e. The summed E-state index contributed by atoms with van der Waals surface area (Å²) in [6.45, 7) is 1.84. The number of likely N-dealkylation sites (N-methyl/N-ethyl adjacent to an activating group) is 1. The van der Waals surface area contributed by atoms with E-state index < -0.39 is 0 Å². The zero-order chi connectivity index (χ0) is 18.8. The second kappa shape index (κ2) is 7.92. The van der Waals surface area contributed by atoms with Gasteiger partial charge in [0, 0.05) is 36.5 Å². The number of ketones is 1. The van der Waals surface area contributed by atoms with E-state index in [1.54, 1.807) is 23.5 Å². The van der Waals surface area contributed by atoms with Crippen LogP contribution in [0.25, 0.3) is 10.6 Å². The lowest BCUT2D eigenvalue weighted by molar-refractivity contribution is 0.0986. The summed E-state index contributed by atoms with van der Waals surface area (Å²) in [5.41, 5.74) is 3.18. The summed E-state index contributed by atoms with van der Waals surface area (Å²) < 4.78 is 0.646. The zero-order valence-electron chi connectivity index (χ0n) is 14.8. The van der Waals surface area contributed by atoms with Crippen LogP contribution in [0.4, 0.5) is 0 Å². The first kappa shape index (κ1) is 18.3. The van der Waals surface area contributed by atoms with Gasteiger partial charge in [-0.1, -0.05) is 35.9 Å². The van der Waals surface area contributed by atoms with E-state index in [1.807, 2.05) is 5.38 Å². The van der Waals surface area contributed by atoms with Crippen molar-refractivity contribution in [1.29, 1.82) is 0 Å². The molecule has 1 aliphatic heterocycles. The number of carbonyl (C=O) groups is 1. The molecule has 0 radical (unpaired) electrons. The molecule has 0 fully saturated rings. The first-order chi connectivity index (χ1) is 13.1. The maximum Gasteiger partial charge on any atom is 0.173 e. The SMILES string of the molecule is CN1CCN=C1c1ccc(-c2nc(CCC(=O)c3ccc(Cl)s3)cs2)cc1. The predicted octanol–water partition coefficient (Wildman–Crippen LogP) is 5.03. The standard InChI is InChI=1S/C20H18ClN3OS2/c1-24-11-10-22-19(24)13-2-4-14(5-3-13)20-23-15(12-26-20)6-7-16(25)17-8-9-18(21)27-17/h2-5,8-9,12H,6-7,10-11H2,1H3.